The lowest BCUT2D eigenvalue weighted by atomic mass is 9.93. The molecule has 1 aromatic heterocycles. The second-order valence-electron chi connectivity index (χ2n) is 4.32. The lowest BCUT2D eigenvalue weighted by Gasteiger charge is -2.32. The van der Waals surface area contributed by atoms with Crippen molar-refractivity contribution >= 4 is 34.8 Å². The molecule has 1 saturated carbocycles. The number of rotatable bonds is 5. The third kappa shape index (κ3) is 2.76. The molecule has 0 amide bonds. The Morgan fingerprint density at radius 2 is 2.29 bits per heavy atom. The van der Waals surface area contributed by atoms with Crippen molar-refractivity contribution in [2.75, 3.05) is 0 Å². The van der Waals surface area contributed by atoms with Gasteiger partial charge >= 0.3 is 0 Å². The van der Waals surface area contributed by atoms with E-state index in [2.05, 4.69) is 10.1 Å². The van der Waals surface area contributed by atoms with Gasteiger partial charge in [0.1, 0.15) is 18.3 Å². The molecule has 1 heterocycles. The molecule has 4 nitrogen and oxygen atoms in total. The van der Waals surface area contributed by atoms with Gasteiger partial charge in [0, 0.05) is 17.0 Å². The third-order valence-corrected chi connectivity index (χ3v) is 4.34. The fourth-order valence-electron chi connectivity index (χ4n) is 1.83. The van der Waals surface area contributed by atoms with Crippen molar-refractivity contribution in [3.05, 3.63) is 23.2 Å². The van der Waals surface area contributed by atoms with Crippen LogP contribution in [0.25, 0.3) is 0 Å². The summed E-state index contributed by atoms with van der Waals surface area (Å²) in [5.41, 5.74) is 0.0845. The predicted octanol–water partition coefficient (Wildman–Crippen LogP) is 2.49. The number of hydrogen-bond acceptors (Lipinski definition) is 3. The Morgan fingerprint density at radius 1 is 1.59 bits per heavy atom. The predicted molar refractivity (Wildman–Crippen MR) is 67.2 cm³/mol. The van der Waals surface area contributed by atoms with Crippen molar-refractivity contribution in [2.45, 2.75) is 36.3 Å². The lowest BCUT2D eigenvalue weighted by Crippen LogP contribution is -2.45. The second-order valence-corrected chi connectivity index (χ2v) is 5.75. The van der Waals surface area contributed by atoms with E-state index in [1.54, 1.807) is 4.68 Å². The molecule has 1 unspecified atom stereocenters. The van der Waals surface area contributed by atoms with Gasteiger partial charge in [-0.3, -0.25) is 0 Å². The van der Waals surface area contributed by atoms with E-state index >= 15 is 0 Å². The average Bonchev–Trinajstić information content (AvgIpc) is 2.85. The molecule has 1 atom stereocenters. The summed E-state index contributed by atoms with van der Waals surface area (Å²) in [6.07, 6.45) is 4.67. The normalized spacial score (nSPS) is 22.2. The van der Waals surface area contributed by atoms with Crippen LogP contribution in [0.4, 0.5) is 0 Å². The van der Waals surface area contributed by atoms with E-state index in [1.807, 2.05) is 0 Å². The maximum absolute atomic E-state index is 10.7. The van der Waals surface area contributed by atoms with Crippen LogP contribution >= 0.6 is 34.8 Å². The summed E-state index contributed by atoms with van der Waals surface area (Å²) in [6, 6.07) is 0. The number of aliphatic hydroxyl groups is 1. The first-order valence-electron chi connectivity index (χ1n) is 5.18. The highest BCUT2D eigenvalue weighted by atomic mass is 35.5. The molecule has 1 N–H and O–H groups in total. The van der Waals surface area contributed by atoms with Gasteiger partial charge in [0.2, 0.25) is 0 Å². The van der Waals surface area contributed by atoms with Crippen LogP contribution in [-0.2, 0) is 6.54 Å². The standard InChI is InChI=1S/C10H12Cl3N3O/c11-4-8(12)3-10(17,9(13)1-2-9)5-16-7-14-6-15-16/h4,6-7,17H,1-3,5H2/b8-4+. The van der Waals surface area contributed by atoms with Crippen molar-refractivity contribution in [3.63, 3.8) is 0 Å². The van der Waals surface area contributed by atoms with Gasteiger partial charge in [0.25, 0.3) is 0 Å². The summed E-state index contributed by atoms with van der Waals surface area (Å²) in [5.74, 6) is 0. The summed E-state index contributed by atoms with van der Waals surface area (Å²) in [4.78, 5) is 3.19. The monoisotopic (exact) mass is 295 g/mol. The minimum atomic E-state index is -1.16. The van der Waals surface area contributed by atoms with E-state index in [0.29, 0.717) is 5.03 Å². The summed E-state index contributed by atoms with van der Waals surface area (Å²) in [7, 11) is 0. The van der Waals surface area contributed by atoms with E-state index in [-0.39, 0.29) is 13.0 Å². The number of halogens is 3. The van der Waals surface area contributed by atoms with Crippen LogP contribution in [0.15, 0.2) is 23.2 Å². The molecule has 94 valence electrons. The lowest BCUT2D eigenvalue weighted by molar-refractivity contribution is 0.00926. The summed E-state index contributed by atoms with van der Waals surface area (Å²) >= 11 is 17.7. The Morgan fingerprint density at radius 3 is 2.76 bits per heavy atom. The first-order chi connectivity index (χ1) is 7.99. The molecule has 0 spiro atoms. The Hall–Kier alpha value is -0.290. The van der Waals surface area contributed by atoms with Crippen LogP contribution in [0.1, 0.15) is 19.3 Å². The van der Waals surface area contributed by atoms with Crippen LogP contribution in [0, 0.1) is 0 Å². The van der Waals surface area contributed by atoms with E-state index in [1.165, 1.54) is 18.2 Å². The molecule has 0 aliphatic heterocycles. The van der Waals surface area contributed by atoms with Gasteiger partial charge in [-0.1, -0.05) is 23.2 Å². The van der Waals surface area contributed by atoms with E-state index < -0.39 is 10.5 Å². The third-order valence-electron chi connectivity index (χ3n) is 2.99. The smallest absolute Gasteiger partial charge is 0.137 e. The molecule has 1 aromatic rings. The van der Waals surface area contributed by atoms with Crippen molar-refractivity contribution in [1.29, 1.82) is 0 Å². The van der Waals surface area contributed by atoms with Crippen LogP contribution in [0.3, 0.4) is 0 Å². The maximum atomic E-state index is 10.7. The first kappa shape index (κ1) is 13.1. The average molecular weight is 297 g/mol. The minimum absolute atomic E-state index is 0.210. The Kier molecular flexibility index (Phi) is 3.69. The molecule has 1 fully saturated rings. The van der Waals surface area contributed by atoms with Gasteiger partial charge < -0.3 is 5.11 Å². The topological polar surface area (TPSA) is 50.9 Å². The minimum Gasteiger partial charge on any atom is -0.386 e. The molecule has 0 radical (unpaired) electrons. The number of aromatic nitrogens is 3. The van der Waals surface area contributed by atoms with Gasteiger partial charge in [0.15, 0.2) is 0 Å². The molecular weight excluding hydrogens is 284 g/mol. The van der Waals surface area contributed by atoms with Crippen LogP contribution < -0.4 is 0 Å². The van der Waals surface area contributed by atoms with Crippen molar-refractivity contribution in [1.82, 2.24) is 14.8 Å². The molecule has 7 heteroatoms. The maximum Gasteiger partial charge on any atom is 0.137 e. The van der Waals surface area contributed by atoms with Gasteiger partial charge in [-0.05, 0) is 12.8 Å². The van der Waals surface area contributed by atoms with Crippen molar-refractivity contribution < 1.29 is 5.11 Å². The molecule has 0 aromatic carbocycles. The zero-order chi connectivity index (χ0) is 12.5. The number of nitrogens with zero attached hydrogens (tertiary/aromatic N) is 3. The summed E-state index contributed by atoms with van der Waals surface area (Å²) in [6.45, 7) is 0.247. The van der Waals surface area contributed by atoms with Gasteiger partial charge in [0.05, 0.1) is 11.4 Å². The summed E-state index contributed by atoms with van der Waals surface area (Å²) < 4.78 is 1.54. The SMILES string of the molecule is OC(C/C(Cl)=C\Cl)(Cn1cncn1)C1(Cl)CC1. The molecule has 2 rings (SSSR count). The van der Waals surface area contributed by atoms with Gasteiger partial charge in [-0.15, -0.1) is 11.6 Å². The van der Waals surface area contributed by atoms with Crippen LogP contribution in [-0.4, -0.2) is 30.3 Å². The van der Waals surface area contributed by atoms with Crippen LogP contribution in [0.5, 0.6) is 0 Å². The van der Waals surface area contributed by atoms with E-state index in [0.717, 1.165) is 12.8 Å². The van der Waals surface area contributed by atoms with E-state index in [4.69, 9.17) is 34.8 Å². The molecule has 1 aliphatic rings. The number of hydrogen-bond donors (Lipinski definition) is 1. The van der Waals surface area contributed by atoms with Crippen molar-refractivity contribution in [3.8, 4) is 0 Å². The van der Waals surface area contributed by atoms with Gasteiger partial charge in [-0.25, -0.2) is 9.67 Å². The highest BCUT2D eigenvalue weighted by Crippen LogP contribution is 2.54. The quantitative estimate of drug-likeness (QED) is 0.849. The Labute approximate surface area is 114 Å². The zero-order valence-corrected chi connectivity index (χ0v) is 11.3. The molecule has 1 aliphatic carbocycles. The zero-order valence-electron chi connectivity index (χ0n) is 8.98. The summed E-state index contributed by atoms with van der Waals surface area (Å²) in [5, 5.41) is 15.0. The van der Waals surface area contributed by atoms with Crippen molar-refractivity contribution in [2.24, 2.45) is 0 Å². The first-order valence-corrected chi connectivity index (χ1v) is 6.37. The van der Waals surface area contributed by atoms with Crippen LogP contribution in [0.2, 0.25) is 0 Å². The largest absolute Gasteiger partial charge is 0.386 e. The molecule has 17 heavy (non-hydrogen) atoms. The Balaban J connectivity index is 2.18. The highest BCUT2D eigenvalue weighted by Gasteiger charge is 2.58. The fraction of sp³-hybridized carbons (Fsp3) is 0.600. The number of alkyl halides is 1. The molecule has 0 saturated heterocycles. The molecular formula is C10H12Cl3N3O. The fourth-order valence-corrected chi connectivity index (χ4v) is 2.35. The molecule has 0 bridgehead atoms. The Bertz CT molecular complexity index is 416. The van der Waals surface area contributed by atoms with Gasteiger partial charge in [-0.2, -0.15) is 5.10 Å². The second kappa shape index (κ2) is 4.76. The highest BCUT2D eigenvalue weighted by molar-refractivity contribution is 6.36. The van der Waals surface area contributed by atoms with E-state index in [9.17, 15) is 5.11 Å².